The molecule has 1 fully saturated rings. The molecule has 1 aliphatic rings. The van der Waals surface area contributed by atoms with Gasteiger partial charge < -0.3 is 5.11 Å². The van der Waals surface area contributed by atoms with E-state index in [4.69, 9.17) is 5.11 Å². The third-order valence-electron chi connectivity index (χ3n) is 3.46. The van der Waals surface area contributed by atoms with Crippen molar-refractivity contribution in [3.8, 4) is 0 Å². The fourth-order valence-corrected chi connectivity index (χ4v) is 2.97. The minimum atomic E-state index is -3.24. The molecule has 0 spiro atoms. The van der Waals surface area contributed by atoms with Crippen LogP contribution < -0.4 is 4.72 Å². The number of aryl methyl sites for hydroxylation is 1. The lowest BCUT2D eigenvalue weighted by atomic mass is 10.1. The molecule has 0 amide bonds. The van der Waals surface area contributed by atoms with E-state index >= 15 is 0 Å². The monoisotopic (exact) mass is 269 g/mol. The zero-order valence-electron chi connectivity index (χ0n) is 10.3. The second kappa shape index (κ2) is 5.38. The zero-order valence-corrected chi connectivity index (χ0v) is 11.1. The topological polar surface area (TPSA) is 66.4 Å². The van der Waals surface area contributed by atoms with Crippen LogP contribution in [0, 0.1) is 5.41 Å². The van der Waals surface area contributed by atoms with E-state index in [1.807, 2.05) is 30.3 Å². The largest absolute Gasteiger partial charge is 0.396 e. The van der Waals surface area contributed by atoms with Gasteiger partial charge in [0, 0.05) is 18.6 Å². The Morgan fingerprint density at radius 3 is 2.44 bits per heavy atom. The van der Waals surface area contributed by atoms with Gasteiger partial charge in [-0.05, 0) is 24.8 Å². The van der Waals surface area contributed by atoms with E-state index in [1.165, 1.54) is 0 Å². The van der Waals surface area contributed by atoms with Crippen molar-refractivity contribution in [3.05, 3.63) is 35.9 Å². The van der Waals surface area contributed by atoms with E-state index in [-0.39, 0.29) is 17.8 Å². The van der Waals surface area contributed by atoms with Crippen LogP contribution in [0.15, 0.2) is 30.3 Å². The molecule has 2 N–H and O–H groups in total. The van der Waals surface area contributed by atoms with Gasteiger partial charge in [0.2, 0.25) is 10.0 Å². The number of rotatable bonds is 7. The summed E-state index contributed by atoms with van der Waals surface area (Å²) < 4.78 is 26.2. The van der Waals surface area contributed by atoms with Crippen LogP contribution in [0.5, 0.6) is 0 Å². The van der Waals surface area contributed by atoms with E-state index in [0.717, 1.165) is 18.4 Å². The van der Waals surface area contributed by atoms with Crippen LogP contribution in [0.1, 0.15) is 18.4 Å². The molecule has 5 heteroatoms. The highest BCUT2D eigenvalue weighted by Gasteiger charge is 2.42. The fourth-order valence-electron chi connectivity index (χ4n) is 1.80. The van der Waals surface area contributed by atoms with Crippen LogP contribution in [-0.4, -0.2) is 32.4 Å². The van der Waals surface area contributed by atoms with Gasteiger partial charge in [0.15, 0.2) is 0 Å². The molecule has 0 unspecified atom stereocenters. The van der Waals surface area contributed by atoms with Crippen molar-refractivity contribution in [2.45, 2.75) is 19.3 Å². The number of nitrogens with one attached hydrogen (secondary N) is 1. The molecule has 1 aromatic carbocycles. The summed E-state index contributed by atoms with van der Waals surface area (Å²) in [5, 5.41) is 9.13. The van der Waals surface area contributed by atoms with Crippen LogP contribution in [0.3, 0.4) is 0 Å². The first kappa shape index (κ1) is 13.5. The maximum Gasteiger partial charge on any atom is 0.211 e. The molecule has 18 heavy (non-hydrogen) atoms. The standard InChI is InChI=1S/C13H19NO3S/c15-11-13(7-8-13)10-14-18(16,17)9-6-12-4-2-1-3-5-12/h1-5,14-15H,6-11H2. The van der Waals surface area contributed by atoms with E-state index in [2.05, 4.69) is 4.72 Å². The predicted octanol–water partition coefficient (Wildman–Crippen LogP) is 0.921. The second-order valence-corrected chi connectivity index (χ2v) is 6.96. The maximum atomic E-state index is 11.8. The number of aliphatic hydroxyl groups excluding tert-OH is 1. The van der Waals surface area contributed by atoms with Crippen LogP contribution in [-0.2, 0) is 16.4 Å². The van der Waals surface area contributed by atoms with E-state index < -0.39 is 10.0 Å². The van der Waals surface area contributed by atoms with Crippen LogP contribution >= 0.6 is 0 Å². The molecule has 0 radical (unpaired) electrons. The van der Waals surface area contributed by atoms with E-state index in [0.29, 0.717) is 13.0 Å². The number of aliphatic hydroxyl groups is 1. The molecule has 1 aliphatic carbocycles. The first-order valence-corrected chi connectivity index (χ1v) is 7.83. The van der Waals surface area contributed by atoms with Gasteiger partial charge in [0.05, 0.1) is 5.75 Å². The van der Waals surface area contributed by atoms with Crippen molar-refractivity contribution in [2.75, 3.05) is 18.9 Å². The molecule has 0 aliphatic heterocycles. The summed E-state index contributed by atoms with van der Waals surface area (Å²) in [6, 6.07) is 9.56. The van der Waals surface area contributed by atoms with Crippen molar-refractivity contribution in [3.63, 3.8) is 0 Å². The van der Waals surface area contributed by atoms with Gasteiger partial charge in [-0.15, -0.1) is 0 Å². The van der Waals surface area contributed by atoms with Crippen molar-refractivity contribution in [2.24, 2.45) is 5.41 Å². The Balaban J connectivity index is 1.81. The first-order valence-electron chi connectivity index (χ1n) is 6.17. The molecule has 0 aromatic heterocycles. The molecular weight excluding hydrogens is 250 g/mol. The van der Waals surface area contributed by atoms with Crippen LogP contribution in [0.4, 0.5) is 0 Å². The van der Waals surface area contributed by atoms with Gasteiger partial charge in [-0.2, -0.15) is 0 Å². The summed E-state index contributed by atoms with van der Waals surface area (Å²) in [4.78, 5) is 0. The minimum absolute atomic E-state index is 0.0637. The quantitative estimate of drug-likeness (QED) is 0.773. The normalized spacial score (nSPS) is 17.6. The Bertz CT molecular complexity index is 480. The fraction of sp³-hybridized carbons (Fsp3) is 0.538. The summed E-state index contributed by atoms with van der Waals surface area (Å²) >= 11 is 0. The number of benzene rings is 1. The number of hydrogen-bond acceptors (Lipinski definition) is 3. The third-order valence-corrected chi connectivity index (χ3v) is 4.79. The molecule has 0 atom stereocenters. The van der Waals surface area contributed by atoms with Gasteiger partial charge in [0.1, 0.15) is 0 Å². The van der Waals surface area contributed by atoms with Gasteiger partial charge in [-0.1, -0.05) is 30.3 Å². The molecule has 4 nitrogen and oxygen atoms in total. The maximum absolute atomic E-state index is 11.8. The van der Waals surface area contributed by atoms with Crippen molar-refractivity contribution >= 4 is 10.0 Å². The zero-order chi connectivity index (χ0) is 13.1. The summed E-state index contributed by atoms with van der Waals surface area (Å²) in [7, 11) is -3.24. The Kier molecular flexibility index (Phi) is 4.04. The van der Waals surface area contributed by atoms with E-state index in [9.17, 15) is 8.42 Å². The number of hydrogen-bond donors (Lipinski definition) is 2. The SMILES string of the molecule is O=S(=O)(CCc1ccccc1)NCC1(CO)CC1. The average Bonchev–Trinajstić information content (AvgIpc) is 3.17. The Morgan fingerprint density at radius 2 is 1.89 bits per heavy atom. The smallest absolute Gasteiger partial charge is 0.211 e. The second-order valence-electron chi connectivity index (χ2n) is 5.03. The highest BCUT2D eigenvalue weighted by molar-refractivity contribution is 7.89. The van der Waals surface area contributed by atoms with Gasteiger partial charge >= 0.3 is 0 Å². The van der Waals surface area contributed by atoms with Crippen molar-refractivity contribution < 1.29 is 13.5 Å². The van der Waals surface area contributed by atoms with Crippen LogP contribution in [0.25, 0.3) is 0 Å². The summed E-state index contributed by atoms with van der Waals surface area (Å²) in [5.74, 6) is 0.0958. The van der Waals surface area contributed by atoms with Gasteiger partial charge in [0.25, 0.3) is 0 Å². The third kappa shape index (κ3) is 3.80. The highest BCUT2D eigenvalue weighted by Crippen LogP contribution is 2.44. The van der Waals surface area contributed by atoms with Crippen molar-refractivity contribution in [1.82, 2.24) is 4.72 Å². The van der Waals surface area contributed by atoms with Crippen molar-refractivity contribution in [1.29, 1.82) is 0 Å². The lowest BCUT2D eigenvalue weighted by molar-refractivity contribution is 0.213. The number of sulfonamides is 1. The van der Waals surface area contributed by atoms with Gasteiger partial charge in [-0.25, -0.2) is 13.1 Å². The first-order chi connectivity index (χ1) is 8.55. The minimum Gasteiger partial charge on any atom is -0.396 e. The van der Waals surface area contributed by atoms with Crippen LogP contribution in [0.2, 0.25) is 0 Å². The summed E-state index contributed by atoms with van der Waals surface area (Å²) in [6.07, 6.45) is 2.33. The summed E-state index contributed by atoms with van der Waals surface area (Å²) in [6.45, 7) is 0.425. The molecule has 0 bridgehead atoms. The predicted molar refractivity (Wildman–Crippen MR) is 70.7 cm³/mol. The van der Waals surface area contributed by atoms with E-state index in [1.54, 1.807) is 0 Å². The lowest BCUT2D eigenvalue weighted by Gasteiger charge is -2.13. The Morgan fingerprint density at radius 1 is 1.22 bits per heavy atom. The Hall–Kier alpha value is -0.910. The molecule has 2 rings (SSSR count). The molecule has 0 saturated heterocycles. The molecule has 100 valence electrons. The molecular formula is C13H19NO3S. The average molecular weight is 269 g/mol. The Labute approximate surface area is 108 Å². The molecule has 1 aromatic rings. The molecule has 1 saturated carbocycles. The van der Waals surface area contributed by atoms with Gasteiger partial charge in [-0.3, -0.25) is 0 Å². The summed E-state index contributed by atoms with van der Waals surface area (Å²) in [5.41, 5.74) is 0.839. The lowest BCUT2D eigenvalue weighted by Crippen LogP contribution is -2.34. The highest BCUT2D eigenvalue weighted by atomic mass is 32.2. The molecule has 0 heterocycles.